The Morgan fingerprint density at radius 3 is 2.14 bits per heavy atom. The van der Waals surface area contributed by atoms with Crippen LogP contribution in [0, 0.1) is 0 Å². The van der Waals surface area contributed by atoms with Gasteiger partial charge in [0.25, 0.3) is 0 Å². The number of benzene rings is 2. The molecule has 0 saturated carbocycles. The van der Waals surface area contributed by atoms with Crippen LogP contribution in [0.2, 0.25) is 0 Å². The van der Waals surface area contributed by atoms with Crippen molar-refractivity contribution in [1.29, 1.82) is 0 Å². The Kier molecular flexibility index (Phi) is 5.12. The zero-order chi connectivity index (χ0) is 15.2. The van der Waals surface area contributed by atoms with Gasteiger partial charge in [-0.25, -0.2) is 0 Å². The second-order valence-electron chi connectivity index (χ2n) is 4.94. The summed E-state index contributed by atoms with van der Waals surface area (Å²) in [5.41, 5.74) is 3.04. The molecular weight excluding hydrogens is 264 g/mol. The first-order chi connectivity index (χ1) is 10.2. The minimum absolute atomic E-state index is 0.143. The average Bonchev–Trinajstić information content (AvgIpc) is 2.55. The zero-order valence-electron chi connectivity index (χ0n) is 12.6. The van der Waals surface area contributed by atoms with Gasteiger partial charge < -0.3 is 9.47 Å². The fraction of sp³-hybridized carbons (Fsp3) is 0.278. The standard InChI is InChI=1S/C18H20O3/c1-13(18(19)21-3)15-10-7-11-16(12-15)17(20-2)14-8-5-4-6-9-14/h4-13,17H,1-3H3. The van der Waals surface area contributed by atoms with Gasteiger partial charge in [0.2, 0.25) is 0 Å². The first-order valence-electron chi connectivity index (χ1n) is 6.92. The smallest absolute Gasteiger partial charge is 0.312 e. The Bertz CT molecular complexity index is 592. The first-order valence-corrected chi connectivity index (χ1v) is 6.92. The van der Waals surface area contributed by atoms with Crippen LogP contribution in [0.25, 0.3) is 0 Å². The summed E-state index contributed by atoms with van der Waals surface area (Å²) in [6.45, 7) is 1.84. The number of esters is 1. The Hall–Kier alpha value is -2.13. The van der Waals surface area contributed by atoms with Crippen molar-refractivity contribution in [2.24, 2.45) is 0 Å². The van der Waals surface area contributed by atoms with E-state index in [1.165, 1.54) is 7.11 Å². The highest BCUT2D eigenvalue weighted by Gasteiger charge is 2.18. The molecule has 0 radical (unpaired) electrons. The topological polar surface area (TPSA) is 35.5 Å². The third-order valence-electron chi connectivity index (χ3n) is 3.61. The second kappa shape index (κ2) is 7.04. The summed E-state index contributed by atoms with van der Waals surface area (Å²) in [5, 5.41) is 0. The van der Waals surface area contributed by atoms with Gasteiger partial charge in [0.1, 0.15) is 6.10 Å². The molecule has 2 aromatic rings. The number of ether oxygens (including phenoxy) is 2. The van der Waals surface area contributed by atoms with Crippen molar-refractivity contribution in [1.82, 2.24) is 0 Å². The molecule has 0 saturated heterocycles. The van der Waals surface area contributed by atoms with Gasteiger partial charge in [0.05, 0.1) is 13.0 Å². The maximum atomic E-state index is 11.7. The maximum absolute atomic E-state index is 11.7. The molecule has 0 amide bonds. The predicted molar refractivity (Wildman–Crippen MR) is 82.2 cm³/mol. The zero-order valence-corrected chi connectivity index (χ0v) is 12.6. The van der Waals surface area contributed by atoms with Crippen molar-refractivity contribution in [2.45, 2.75) is 18.9 Å². The Morgan fingerprint density at radius 2 is 1.52 bits per heavy atom. The van der Waals surface area contributed by atoms with Crippen LogP contribution in [0.1, 0.15) is 35.6 Å². The molecule has 0 aromatic heterocycles. The minimum atomic E-state index is -0.289. The SMILES string of the molecule is COC(=O)C(C)c1cccc(C(OC)c2ccccc2)c1. The summed E-state index contributed by atoms with van der Waals surface area (Å²) >= 11 is 0. The molecule has 0 heterocycles. The quantitative estimate of drug-likeness (QED) is 0.785. The second-order valence-corrected chi connectivity index (χ2v) is 4.94. The van der Waals surface area contributed by atoms with Gasteiger partial charge in [-0.05, 0) is 23.6 Å². The van der Waals surface area contributed by atoms with E-state index in [-0.39, 0.29) is 18.0 Å². The van der Waals surface area contributed by atoms with Gasteiger partial charge >= 0.3 is 5.97 Å². The Balaban J connectivity index is 2.33. The van der Waals surface area contributed by atoms with Gasteiger partial charge in [-0.15, -0.1) is 0 Å². The van der Waals surface area contributed by atoms with Gasteiger partial charge in [-0.2, -0.15) is 0 Å². The van der Waals surface area contributed by atoms with E-state index in [0.717, 1.165) is 16.7 Å². The molecule has 21 heavy (non-hydrogen) atoms. The summed E-state index contributed by atoms with van der Waals surface area (Å²) in [7, 11) is 3.10. The summed E-state index contributed by atoms with van der Waals surface area (Å²) in [4.78, 5) is 11.7. The monoisotopic (exact) mass is 284 g/mol. The van der Waals surface area contributed by atoms with E-state index < -0.39 is 0 Å². The molecule has 0 fully saturated rings. The molecule has 0 aliphatic carbocycles. The highest BCUT2D eigenvalue weighted by Crippen LogP contribution is 2.28. The van der Waals surface area contributed by atoms with E-state index in [0.29, 0.717) is 0 Å². The number of rotatable bonds is 5. The van der Waals surface area contributed by atoms with Crippen LogP contribution >= 0.6 is 0 Å². The lowest BCUT2D eigenvalue weighted by Crippen LogP contribution is -2.12. The third-order valence-corrected chi connectivity index (χ3v) is 3.61. The van der Waals surface area contributed by atoms with Crippen molar-refractivity contribution in [2.75, 3.05) is 14.2 Å². The predicted octanol–water partition coefficient (Wildman–Crippen LogP) is 3.70. The van der Waals surface area contributed by atoms with E-state index in [2.05, 4.69) is 0 Å². The number of carbonyl (C=O) groups excluding carboxylic acids is 1. The van der Waals surface area contributed by atoms with E-state index >= 15 is 0 Å². The molecule has 2 unspecified atom stereocenters. The minimum Gasteiger partial charge on any atom is -0.469 e. The van der Waals surface area contributed by atoms with Crippen molar-refractivity contribution in [3.63, 3.8) is 0 Å². The van der Waals surface area contributed by atoms with Crippen LogP contribution in [0.5, 0.6) is 0 Å². The number of methoxy groups -OCH3 is 2. The molecule has 110 valence electrons. The Morgan fingerprint density at radius 1 is 0.905 bits per heavy atom. The van der Waals surface area contributed by atoms with Crippen LogP contribution in [0.15, 0.2) is 54.6 Å². The molecule has 3 heteroatoms. The van der Waals surface area contributed by atoms with Crippen molar-refractivity contribution in [3.8, 4) is 0 Å². The van der Waals surface area contributed by atoms with Gasteiger partial charge in [0, 0.05) is 7.11 Å². The molecular formula is C18H20O3. The maximum Gasteiger partial charge on any atom is 0.312 e. The summed E-state index contributed by atoms with van der Waals surface area (Å²) in [6.07, 6.45) is -0.143. The highest BCUT2D eigenvalue weighted by atomic mass is 16.5. The fourth-order valence-electron chi connectivity index (χ4n) is 2.40. The lowest BCUT2D eigenvalue weighted by Gasteiger charge is -2.18. The largest absolute Gasteiger partial charge is 0.469 e. The lowest BCUT2D eigenvalue weighted by molar-refractivity contribution is -0.141. The molecule has 0 N–H and O–H groups in total. The molecule has 0 aliphatic rings. The summed E-state index contributed by atoms with van der Waals surface area (Å²) in [6, 6.07) is 17.9. The molecule has 3 nitrogen and oxygen atoms in total. The fourth-order valence-corrected chi connectivity index (χ4v) is 2.40. The van der Waals surface area contributed by atoms with E-state index in [1.54, 1.807) is 7.11 Å². The molecule has 2 rings (SSSR count). The van der Waals surface area contributed by atoms with E-state index in [4.69, 9.17) is 9.47 Å². The summed E-state index contributed by atoms with van der Waals surface area (Å²) < 4.78 is 10.4. The number of hydrogen-bond acceptors (Lipinski definition) is 3. The Labute approximate surface area is 125 Å². The molecule has 0 bridgehead atoms. The van der Waals surface area contributed by atoms with Crippen LogP contribution in [-0.4, -0.2) is 20.2 Å². The number of hydrogen-bond donors (Lipinski definition) is 0. The highest BCUT2D eigenvalue weighted by molar-refractivity contribution is 5.77. The molecule has 0 spiro atoms. The van der Waals surface area contributed by atoms with Gasteiger partial charge in [0.15, 0.2) is 0 Å². The average molecular weight is 284 g/mol. The van der Waals surface area contributed by atoms with Gasteiger partial charge in [-0.3, -0.25) is 4.79 Å². The van der Waals surface area contributed by atoms with E-state index in [9.17, 15) is 4.79 Å². The van der Waals surface area contributed by atoms with Crippen LogP contribution in [-0.2, 0) is 14.3 Å². The molecule has 2 atom stereocenters. The lowest BCUT2D eigenvalue weighted by atomic mass is 9.95. The van der Waals surface area contributed by atoms with Crippen LogP contribution < -0.4 is 0 Å². The third kappa shape index (κ3) is 3.50. The van der Waals surface area contributed by atoms with Gasteiger partial charge in [-0.1, -0.05) is 54.6 Å². The van der Waals surface area contributed by atoms with Crippen molar-refractivity contribution < 1.29 is 14.3 Å². The first kappa shape index (κ1) is 15.3. The summed E-state index contributed by atoms with van der Waals surface area (Å²) in [5.74, 6) is -0.524. The van der Waals surface area contributed by atoms with Crippen LogP contribution in [0.3, 0.4) is 0 Å². The van der Waals surface area contributed by atoms with Crippen molar-refractivity contribution >= 4 is 5.97 Å². The normalized spacial score (nSPS) is 13.5. The molecule has 0 aliphatic heterocycles. The molecule has 2 aromatic carbocycles. The van der Waals surface area contributed by atoms with Crippen LogP contribution in [0.4, 0.5) is 0 Å². The van der Waals surface area contributed by atoms with Crippen molar-refractivity contribution in [3.05, 3.63) is 71.3 Å². The van der Waals surface area contributed by atoms with E-state index in [1.807, 2.05) is 61.5 Å². The number of carbonyl (C=O) groups is 1.